The van der Waals surface area contributed by atoms with Crippen LogP contribution in [-0.4, -0.2) is 24.5 Å². The molecule has 0 aromatic heterocycles. The highest BCUT2D eigenvalue weighted by molar-refractivity contribution is 4.90. The number of nitrogens with zero attached hydrogens (tertiary/aromatic N) is 1. The van der Waals surface area contributed by atoms with Gasteiger partial charge in [-0.05, 0) is 45.1 Å². The predicted molar refractivity (Wildman–Crippen MR) is 42.9 cm³/mol. The first-order valence-electron chi connectivity index (χ1n) is 4.47. The molecule has 0 spiro atoms. The minimum Gasteiger partial charge on any atom is -0.303 e. The zero-order valence-corrected chi connectivity index (χ0v) is 7.01. The lowest BCUT2D eigenvalue weighted by Crippen LogP contribution is -2.21. The van der Waals surface area contributed by atoms with E-state index in [1.165, 1.54) is 25.8 Å². The summed E-state index contributed by atoms with van der Waals surface area (Å²) in [5.41, 5.74) is 0. The summed E-state index contributed by atoms with van der Waals surface area (Å²) < 4.78 is 0. The molecule has 0 bridgehead atoms. The number of hydrogen-bond donors (Lipinski definition) is 0. The van der Waals surface area contributed by atoms with Crippen LogP contribution in [0.2, 0.25) is 0 Å². The van der Waals surface area contributed by atoms with Gasteiger partial charge in [0.2, 0.25) is 0 Å². The lowest BCUT2D eigenvalue weighted by atomic mass is 10.0. The molecule has 2 atom stereocenters. The molecule has 1 nitrogen and oxygen atoms in total. The van der Waals surface area contributed by atoms with E-state index in [-0.39, 0.29) is 0 Å². The van der Waals surface area contributed by atoms with Crippen molar-refractivity contribution in [1.82, 2.24) is 4.90 Å². The zero-order chi connectivity index (χ0) is 7.14. The summed E-state index contributed by atoms with van der Waals surface area (Å²) >= 11 is 0. The molecule has 2 aliphatic rings. The van der Waals surface area contributed by atoms with Crippen LogP contribution in [0.3, 0.4) is 0 Å². The van der Waals surface area contributed by atoms with Crippen molar-refractivity contribution in [2.45, 2.75) is 32.2 Å². The van der Waals surface area contributed by atoms with E-state index in [1.807, 2.05) is 0 Å². The molecule has 1 heterocycles. The van der Waals surface area contributed by atoms with Gasteiger partial charge in [-0.25, -0.2) is 0 Å². The van der Waals surface area contributed by atoms with Crippen LogP contribution in [0.1, 0.15) is 26.2 Å². The minimum absolute atomic E-state index is 0.852. The van der Waals surface area contributed by atoms with Gasteiger partial charge in [0.25, 0.3) is 0 Å². The second-order valence-corrected chi connectivity index (χ2v) is 4.12. The Balaban J connectivity index is 1.90. The quantitative estimate of drug-likeness (QED) is 0.535. The fourth-order valence-corrected chi connectivity index (χ4v) is 2.15. The van der Waals surface area contributed by atoms with Crippen LogP contribution in [0.5, 0.6) is 0 Å². The Labute approximate surface area is 63.4 Å². The summed E-state index contributed by atoms with van der Waals surface area (Å²) in [6.07, 6.45) is 4.50. The molecule has 0 aromatic rings. The Morgan fingerprint density at radius 2 is 1.90 bits per heavy atom. The lowest BCUT2D eigenvalue weighted by molar-refractivity contribution is 0.322. The first-order chi connectivity index (χ1) is 4.77. The van der Waals surface area contributed by atoms with Crippen LogP contribution in [-0.2, 0) is 0 Å². The van der Waals surface area contributed by atoms with Crippen LogP contribution < -0.4 is 0 Å². The molecule has 0 radical (unpaired) electrons. The summed E-state index contributed by atoms with van der Waals surface area (Å²) in [6.45, 7) is 3.72. The highest BCUT2D eigenvalue weighted by Gasteiger charge is 2.37. The third kappa shape index (κ3) is 1.07. The highest BCUT2D eigenvalue weighted by atomic mass is 15.1. The molecule has 1 aliphatic heterocycles. The van der Waals surface area contributed by atoms with Crippen molar-refractivity contribution in [3.63, 3.8) is 0 Å². The third-order valence-electron chi connectivity index (χ3n) is 3.21. The van der Waals surface area contributed by atoms with Gasteiger partial charge < -0.3 is 4.90 Å². The van der Waals surface area contributed by atoms with Gasteiger partial charge in [-0.3, -0.25) is 0 Å². The molecule has 0 N–H and O–H groups in total. The van der Waals surface area contributed by atoms with Crippen LogP contribution in [0, 0.1) is 11.8 Å². The predicted octanol–water partition coefficient (Wildman–Crippen LogP) is 1.74. The van der Waals surface area contributed by atoms with Gasteiger partial charge in [0.1, 0.15) is 0 Å². The fourth-order valence-electron chi connectivity index (χ4n) is 2.15. The minimum atomic E-state index is 0.852. The molecule has 0 amide bonds. The first-order valence-corrected chi connectivity index (χ1v) is 4.47. The average molecular weight is 139 g/mol. The topological polar surface area (TPSA) is 3.24 Å². The monoisotopic (exact) mass is 139 g/mol. The summed E-state index contributed by atoms with van der Waals surface area (Å²) in [5.74, 6) is 2.17. The van der Waals surface area contributed by atoms with E-state index in [2.05, 4.69) is 18.9 Å². The Bertz CT molecular complexity index is 119. The summed E-state index contributed by atoms with van der Waals surface area (Å²) in [4.78, 5) is 2.50. The molecule has 2 fully saturated rings. The van der Waals surface area contributed by atoms with E-state index >= 15 is 0 Å². The lowest BCUT2D eigenvalue weighted by Gasteiger charge is -2.12. The molecule has 58 valence electrons. The Morgan fingerprint density at radius 3 is 2.30 bits per heavy atom. The molecular formula is C9H17N. The van der Waals surface area contributed by atoms with Crippen LogP contribution in [0.4, 0.5) is 0 Å². The van der Waals surface area contributed by atoms with E-state index in [1.54, 1.807) is 0 Å². The molecule has 1 heteroatoms. The molecule has 1 saturated carbocycles. The largest absolute Gasteiger partial charge is 0.303 e. The second kappa shape index (κ2) is 2.23. The van der Waals surface area contributed by atoms with Gasteiger partial charge in [0, 0.05) is 12.6 Å². The van der Waals surface area contributed by atoms with E-state index in [0.29, 0.717) is 0 Å². The number of rotatable bonds is 1. The van der Waals surface area contributed by atoms with Crippen LogP contribution >= 0.6 is 0 Å². The van der Waals surface area contributed by atoms with E-state index in [0.717, 1.165) is 17.9 Å². The summed E-state index contributed by atoms with van der Waals surface area (Å²) in [5, 5.41) is 0. The van der Waals surface area contributed by atoms with Crippen molar-refractivity contribution >= 4 is 0 Å². The maximum Gasteiger partial charge on any atom is 0.00672 e. The first kappa shape index (κ1) is 6.66. The van der Waals surface area contributed by atoms with Crippen molar-refractivity contribution in [2.24, 2.45) is 11.8 Å². The maximum atomic E-state index is 2.50. The number of likely N-dealkylation sites (tertiary alicyclic amines) is 1. The molecular weight excluding hydrogens is 122 g/mol. The molecule has 10 heavy (non-hydrogen) atoms. The van der Waals surface area contributed by atoms with E-state index in [9.17, 15) is 0 Å². The van der Waals surface area contributed by atoms with Crippen LogP contribution in [0.15, 0.2) is 0 Å². The van der Waals surface area contributed by atoms with Gasteiger partial charge in [0.15, 0.2) is 0 Å². The SMILES string of the molecule is CC1CC(C2CC2)CN1C. The average Bonchev–Trinajstić information content (AvgIpc) is 2.64. The molecule has 2 unspecified atom stereocenters. The zero-order valence-electron chi connectivity index (χ0n) is 7.01. The van der Waals surface area contributed by atoms with Crippen molar-refractivity contribution in [3.05, 3.63) is 0 Å². The van der Waals surface area contributed by atoms with E-state index in [4.69, 9.17) is 0 Å². The molecule has 1 aliphatic carbocycles. The molecule has 2 rings (SSSR count). The Kier molecular flexibility index (Phi) is 1.48. The van der Waals surface area contributed by atoms with Crippen LogP contribution in [0.25, 0.3) is 0 Å². The third-order valence-corrected chi connectivity index (χ3v) is 3.21. The standard InChI is InChI=1S/C9H17N/c1-7-5-9(6-10(7)2)8-3-4-8/h7-9H,3-6H2,1-2H3. The summed E-state index contributed by atoms with van der Waals surface area (Å²) in [6, 6.07) is 0.852. The highest BCUT2D eigenvalue weighted by Crippen LogP contribution is 2.42. The second-order valence-electron chi connectivity index (χ2n) is 4.12. The van der Waals surface area contributed by atoms with Gasteiger partial charge >= 0.3 is 0 Å². The van der Waals surface area contributed by atoms with Gasteiger partial charge in [-0.1, -0.05) is 0 Å². The Morgan fingerprint density at radius 1 is 1.20 bits per heavy atom. The summed E-state index contributed by atoms with van der Waals surface area (Å²) in [7, 11) is 2.26. The molecule has 0 aromatic carbocycles. The fraction of sp³-hybridized carbons (Fsp3) is 1.00. The normalized spacial score (nSPS) is 42.6. The van der Waals surface area contributed by atoms with Gasteiger partial charge in [-0.15, -0.1) is 0 Å². The molecule has 1 saturated heterocycles. The van der Waals surface area contributed by atoms with Crippen molar-refractivity contribution in [1.29, 1.82) is 0 Å². The van der Waals surface area contributed by atoms with E-state index < -0.39 is 0 Å². The maximum absolute atomic E-state index is 2.50. The number of hydrogen-bond acceptors (Lipinski definition) is 1. The van der Waals surface area contributed by atoms with Crippen molar-refractivity contribution in [2.75, 3.05) is 13.6 Å². The smallest absolute Gasteiger partial charge is 0.00672 e. The van der Waals surface area contributed by atoms with Crippen molar-refractivity contribution in [3.8, 4) is 0 Å². The van der Waals surface area contributed by atoms with Crippen molar-refractivity contribution < 1.29 is 0 Å². The Hall–Kier alpha value is -0.0400. The van der Waals surface area contributed by atoms with Gasteiger partial charge in [-0.2, -0.15) is 0 Å². The van der Waals surface area contributed by atoms with Gasteiger partial charge in [0.05, 0.1) is 0 Å².